The first-order valence-electron chi connectivity index (χ1n) is 21.9. The summed E-state index contributed by atoms with van der Waals surface area (Å²) in [6.45, 7) is 15.2. The van der Waals surface area contributed by atoms with E-state index in [2.05, 4.69) is 33.6 Å². The van der Waals surface area contributed by atoms with Crippen molar-refractivity contribution in [3.63, 3.8) is 0 Å². The SMILES string of the molecule is CCN(CC)CCOC(=O)/C=C/C(=O)OC.COC(=O)/C=C/C(=O)OCCN(C)C.COC(=O)/C=C/C(=O)OCCN1CCC2(CC1)OCCO2.COC(=O)/C=C/C(=O)OCCN1CCCC1. The number of esters is 8. The topological polar surface area (TPSA) is 242 Å². The highest BCUT2D eigenvalue weighted by atomic mass is 16.7. The third-order valence-corrected chi connectivity index (χ3v) is 9.49. The number of carbonyl (C=O) groups is 8. The van der Waals surface area contributed by atoms with Gasteiger partial charge in [-0.25, -0.2) is 38.4 Å². The molecule has 1 spiro atoms. The van der Waals surface area contributed by atoms with E-state index in [1.807, 2.05) is 32.8 Å². The fourth-order valence-corrected chi connectivity index (χ4v) is 5.61. The number of rotatable bonds is 22. The minimum atomic E-state index is -0.579. The highest BCUT2D eigenvalue weighted by Crippen LogP contribution is 2.31. The molecular weight excluding hydrogens is 885 g/mol. The second-order valence-electron chi connectivity index (χ2n) is 14.4. The summed E-state index contributed by atoms with van der Waals surface area (Å²) in [7, 11) is 8.74. The standard InChI is InChI=1S/C14H21NO6.C11H17NO4.C11H19NO4.C9H15NO4/c1-18-12(16)2-3-13(17)19-9-8-15-6-4-14(5-7-15)20-10-11-21-14;1-15-10(13)4-5-11(14)16-9-8-12-6-2-3-7-12;1-4-12(5-2)8-9-16-11(14)7-6-10(13)15-3;1-10(2)6-7-14-9(12)5-4-8(11)13-3/h2-3H,4-11H2,1H3;4-5H,2-3,6-9H2,1H3;6-7H,4-5,8-9H2,1-3H3;4-5H,6-7H2,1-3H3/b3-2+;5-4+;7-6+;5-4+. The minimum Gasteiger partial charge on any atom is -0.466 e. The van der Waals surface area contributed by atoms with Crippen molar-refractivity contribution in [1.82, 2.24) is 19.6 Å². The predicted molar refractivity (Wildman–Crippen MR) is 241 cm³/mol. The average molecular weight is 957 g/mol. The van der Waals surface area contributed by atoms with Crippen molar-refractivity contribution >= 4 is 47.8 Å². The lowest BCUT2D eigenvalue weighted by Crippen LogP contribution is -2.46. The Morgan fingerprint density at radius 3 is 1.12 bits per heavy atom. The molecule has 0 aromatic carbocycles. The van der Waals surface area contributed by atoms with Gasteiger partial charge < -0.3 is 57.2 Å². The fourth-order valence-electron chi connectivity index (χ4n) is 5.61. The van der Waals surface area contributed by atoms with Gasteiger partial charge in [0.2, 0.25) is 0 Å². The Morgan fingerprint density at radius 1 is 0.478 bits per heavy atom. The molecule has 3 fully saturated rings. The number of hydrogen-bond acceptors (Lipinski definition) is 22. The van der Waals surface area contributed by atoms with Crippen LogP contribution in [-0.4, -0.2) is 221 Å². The first-order chi connectivity index (χ1) is 32.0. The van der Waals surface area contributed by atoms with Crippen LogP contribution in [0.3, 0.4) is 0 Å². The van der Waals surface area contributed by atoms with Gasteiger partial charge in [-0.2, -0.15) is 0 Å². The highest BCUT2D eigenvalue weighted by Gasteiger charge is 2.39. The largest absolute Gasteiger partial charge is 0.466 e. The maximum atomic E-state index is 11.3. The molecule has 0 radical (unpaired) electrons. The summed E-state index contributed by atoms with van der Waals surface area (Å²) in [6, 6.07) is 0. The molecule has 0 unspecified atom stereocenters. The summed E-state index contributed by atoms with van der Waals surface area (Å²) in [5.41, 5.74) is 0. The smallest absolute Gasteiger partial charge is 0.331 e. The normalized spacial score (nSPS) is 15.6. The van der Waals surface area contributed by atoms with Crippen molar-refractivity contribution in [3.8, 4) is 0 Å². The van der Waals surface area contributed by atoms with Gasteiger partial charge in [0.1, 0.15) is 26.4 Å². The molecule has 0 bridgehead atoms. The Kier molecular flexibility index (Phi) is 35.4. The first-order valence-corrected chi connectivity index (χ1v) is 21.9. The molecule has 0 amide bonds. The zero-order chi connectivity index (χ0) is 50.3. The lowest BCUT2D eigenvalue weighted by molar-refractivity contribution is -0.186. The van der Waals surface area contributed by atoms with E-state index < -0.39 is 47.8 Å². The molecule has 0 aromatic heterocycles. The molecule has 22 heteroatoms. The van der Waals surface area contributed by atoms with Gasteiger partial charge in [-0.1, -0.05) is 13.8 Å². The van der Waals surface area contributed by atoms with Crippen LogP contribution in [0.1, 0.15) is 39.5 Å². The Labute approximate surface area is 394 Å². The van der Waals surface area contributed by atoms with E-state index in [9.17, 15) is 38.4 Å². The highest BCUT2D eigenvalue weighted by molar-refractivity contribution is 5.93. The van der Waals surface area contributed by atoms with Gasteiger partial charge in [0.15, 0.2) is 5.79 Å². The molecule has 0 saturated carbocycles. The van der Waals surface area contributed by atoms with Crippen molar-refractivity contribution in [1.29, 1.82) is 0 Å². The van der Waals surface area contributed by atoms with Gasteiger partial charge in [-0.3, -0.25) is 9.80 Å². The van der Waals surface area contributed by atoms with Gasteiger partial charge in [-0.15, -0.1) is 0 Å². The van der Waals surface area contributed by atoms with Crippen LogP contribution >= 0.6 is 0 Å². The fraction of sp³-hybridized carbons (Fsp3) is 0.644. The van der Waals surface area contributed by atoms with Gasteiger partial charge in [0.05, 0.1) is 41.7 Å². The summed E-state index contributed by atoms with van der Waals surface area (Å²) >= 11 is 0. The number of piperidine rings is 1. The number of nitrogens with zero attached hydrogens (tertiary/aromatic N) is 4. The third kappa shape index (κ3) is 33.6. The Bertz CT molecular complexity index is 1550. The second-order valence-corrected chi connectivity index (χ2v) is 14.4. The Morgan fingerprint density at radius 2 is 0.791 bits per heavy atom. The maximum Gasteiger partial charge on any atom is 0.331 e. The van der Waals surface area contributed by atoms with Crippen LogP contribution in [0.25, 0.3) is 0 Å². The minimum absolute atomic E-state index is 0.291. The molecule has 22 nitrogen and oxygen atoms in total. The number of likely N-dealkylation sites (N-methyl/N-ethyl adjacent to an activating group) is 2. The van der Waals surface area contributed by atoms with Crippen molar-refractivity contribution in [2.75, 3.05) is 148 Å². The molecule has 3 heterocycles. The van der Waals surface area contributed by atoms with E-state index in [1.165, 1.54) is 41.3 Å². The Balaban J connectivity index is 0.000000879. The van der Waals surface area contributed by atoms with Crippen LogP contribution in [0.15, 0.2) is 48.6 Å². The van der Waals surface area contributed by atoms with Gasteiger partial charge in [-0.05, 0) is 53.1 Å². The van der Waals surface area contributed by atoms with Crippen molar-refractivity contribution in [3.05, 3.63) is 48.6 Å². The van der Waals surface area contributed by atoms with Crippen LogP contribution in [0.2, 0.25) is 0 Å². The van der Waals surface area contributed by atoms with Crippen LogP contribution in [0.4, 0.5) is 0 Å². The molecule has 3 saturated heterocycles. The number of methoxy groups -OCH3 is 4. The first kappa shape index (κ1) is 61.5. The lowest BCUT2D eigenvalue weighted by atomic mass is 10.0. The van der Waals surface area contributed by atoms with Crippen molar-refractivity contribution in [2.24, 2.45) is 0 Å². The van der Waals surface area contributed by atoms with Crippen LogP contribution < -0.4 is 0 Å². The average Bonchev–Trinajstić information content (AvgIpc) is 4.03. The van der Waals surface area contributed by atoms with E-state index in [0.29, 0.717) is 59.3 Å². The lowest BCUT2D eigenvalue weighted by Gasteiger charge is -2.37. The maximum absolute atomic E-state index is 11.3. The molecule has 0 atom stereocenters. The van der Waals surface area contributed by atoms with Crippen LogP contribution in [-0.2, 0) is 85.7 Å². The quantitative estimate of drug-likeness (QED) is 0.0831. The predicted octanol–water partition coefficient (Wildman–Crippen LogP) is 0.873. The molecule has 3 aliphatic rings. The third-order valence-electron chi connectivity index (χ3n) is 9.49. The summed E-state index contributed by atoms with van der Waals surface area (Å²) in [6.07, 6.45) is 12.5. The molecule has 3 aliphatic heterocycles. The summed E-state index contributed by atoms with van der Waals surface area (Å²) < 4.78 is 48.3. The molecule has 380 valence electrons. The van der Waals surface area contributed by atoms with Gasteiger partial charge >= 0.3 is 47.8 Å². The molecule has 0 aliphatic carbocycles. The van der Waals surface area contributed by atoms with E-state index >= 15 is 0 Å². The molecule has 3 rings (SSSR count). The van der Waals surface area contributed by atoms with Gasteiger partial charge in [0, 0.05) is 101 Å². The van der Waals surface area contributed by atoms with Gasteiger partial charge in [0.25, 0.3) is 0 Å². The number of ether oxygens (including phenoxy) is 10. The number of hydrogen-bond donors (Lipinski definition) is 0. The zero-order valence-electron chi connectivity index (χ0n) is 40.4. The molecule has 67 heavy (non-hydrogen) atoms. The van der Waals surface area contributed by atoms with Crippen LogP contribution in [0, 0.1) is 0 Å². The van der Waals surface area contributed by atoms with E-state index in [-0.39, 0.29) is 5.79 Å². The van der Waals surface area contributed by atoms with Crippen LogP contribution in [0.5, 0.6) is 0 Å². The molecular formula is C45H72N4O18. The number of carbonyl (C=O) groups excluding carboxylic acids is 8. The zero-order valence-corrected chi connectivity index (χ0v) is 40.4. The summed E-state index contributed by atoms with van der Waals surface area (Å²) in [5.74, 6) is -4.79. The molecule has 0 N–H and O–H groups in total. The van der Waals surface area contributed by atoms with E-state index in [1.54, 1.807) is 0 Å². The molecule has 0 aromatic rings. The van der Waals surface area contributed by atoms with Crippen molar-refractivity contribution < 1.29 is 85.7 Å². The summed E-state index contributed by atoms with van der Waals surface area (Å²) in [5, 5.41) is 0. The Hall–Kier alpha value is -5.52. The second kappa shape index (κ2) is 38.6. The summed E-state index contributed by atoms with van der Waals surface area (Å²) in [4.78, 5) is 95.6. The monoisotopic (exact) mass is 956 g/mol. The van der Waals surface area contributed by atoms with E-state index in [0.717, 1.165) is 107 Å². The number of likely N-dealkylation sites (tertiary alicyclic amines) is 2. The van der Waals surface area contributed by atoms with Crippen molar-refractivity contribution in [2.45, 2.75) is 45.3 Å². The van der Waals surface area contributed by atoms with E-state index in [4.69, 9.17) is 28.4 Å².